The Morgan fingerprint density at radius 1 is 0.646 bits per heavy atom. The van der Waals surface area contributed by atoms with Gasteiger partial charge in [-0.2, -0.15) is 4.68 Å². The van der Waals surface area contributed by atoms with Crippen LogP contribution >= 0.6 is 63.7 Å². The van der Waals surface area contributed by atoms with Crippen LogP contribution in [0.1, 0.15) is 46.8 Å². The molecule has 0 spiro atoms. The van der Waals surface area contributed by atoms with E-state index in [-0.39, 0.29) is 29.8 Å². The molecule has 8 rings (SSSR count). The maximum Gasteiger partial charge on any atom is 0.248 e. The Hall–Kier alpha value is -3.86. The minimum absolute atomic E-state index is 0.0270. The molecule has 0 aliphatic carbocycles. The molecule has 3 atom stereocenters. The first-order chi connectivity index (χ1) is 23.2. The maximum atomic E-state index is 13.8. The number of fused-ring (bicyclic) bond motifs is 2. The summed E-state index contributed by atoms with van der Waals surface area (Å²) in [6, 6.07) is 25.3. The molecule has 242 valence electrons. The quantitative estimate of drug-likeness (QED) is 0.181. The van der Waals surface area contributed by atoms with E-state index in [4.69, 9.17) is 0 Å². The lowest BCUT2D eigenvalue weighted by molar-refractivity contribution is 0.423. The summed E-state index contributed by atoms with van der Waals surface area (Å²) in [5.74, 6) is 0.506. The van der Waals surface area contributed by atoms with Crippen molar-refractivity contribution in [2.75, 3.05) is 10.6 Å². The van der Waals surface area contributed by atoms with Gasteiger partial charge in [-0.25, -0.2) is 13.5 Å². The number of rotatable bonds is 4. The van der Waals surface area contributed by atoms with Crippen molar-refractivity contribution in [1.29, 1.82) is 0 Å². The summed E-state index contributed by atoms with van der Waals surface area (Å²) in [5, 5.41) is 30.2. The molecule has 2 aliphatic rings. The number of hydrogen-bond acceptors (Lipinski definition) is 8. The van der Waals surface area contributed by atoms with Crippen molar-refractivity contribution < 1.29 is 8.78 Å². The van der Waals surface area contributed by atoms with E-state index >= 15 is 0 Å². The highest BCUT2D eigenvalue weighted by molar-refractivity contribution is 9.11. The van der Waals surface area contributed by atoms with E-state index < -0.39 is 0 Å². The van der Waals surface area contributed by atoms with E-state index in [2.05, 4.69) is 111 Å². The van der Waals surface area contributed by atoms with Gasteiger partial charge in [-0.05, 0) is 111 Å². The van der Waals surface area contributed by atoms with Crippen LogP contribution in [0.15, 0.2) is 109 Å². The molecular weight excluding hydrogens is 882 g/mol. The summed E-state index contributed by atoms with van der Waals surface area (Å²) < 4.78 is 34.4. The lowest BCUT2D eigenvalue weighted by atomic mass is 9.93. The fourth-order valence-corrected chi connectivity index (χ4v) is 7.47. The van der Waals surface area contributed by atoms with E-state index in [1.165, 1.54) is 18.2 Å². The molecule has 16 heteroatoms. The molecule has 4 aromatic carbocycles. The lowest BCUT2D eigenvalue weighted by Crippen LogP contribution is -2.28. The monoisotopic (exact) mass is 900 g/mol. The summed E-state index contributed by atoms with van der Waals surface area (Å²) in [5.41, 5.74) is 4.45. The molecule has 0 fully saturated rings. The zero-order valence-electron chi connectivity index (χ0n) is 24.4. The van der Waals surface area contributed by atoms with Gasteiger partial charge in [0.2, 0.25) is 11.9 Å². The summed E-state index contributed by atoms with van der Waals surface area (Å²) in [6.45, 7) is 0. The summed E-state index contributed by atoms with van der Waals surface area (Å²) >= 11 is 13.7. The van der Waals surface area contributed by atoms with Gasteiger partial charge < -0.3 is 10.6 Å². The topological polar surface area (TPSA) is 111 Å². The first-order valence-corrected chi connectivity index (χ1v) is 17.6. The number of anilines is 2. The molecule has 2 aliphatic heterocycles. The lowest BCUT2D eigenvalue weighted by Gasteiger charge is -2.31. The maximum absolute atomic E-state index is 13.8. The number of allylic oxidation sites excluding steroid dienone is 1. The van der Waals surface area contributed by atoms with Crippen LogP contribution in [0, 0.1) is 11.6 Å². The molecule has 3 unspecified atom stereocenters. The Kier molecular flexibility index (Phi) is 9.49. The highest BCUT2D eigenvalue weighted by Gasteiger charge is 2.31. The van der Waals surface area contributed by atoms with E-state index in [1.54, 1.807) is 15.4 Å². The van der Waals surface area contributed by atoms with Crippen LogP contribution < -0.4 is 10.6 Å². The molecule has 2 N–H and O–H groups in total. The van der Waals surface area contributed by atoms with Crippen molar-refractivity contribution in [3.63, 3.8) is 0 Å². The van der Waals surface area contributed by atoms with Crippen molar-refractivity contribution in [2.45, 2.75) is 24.5 Å². The van der Waals surface area contributed by atoms with Gasteiger partial charge in [-0.1, -0.05) is 98.2 Å². The zero-order chi connectivity index (χ0) is 33.4. The Labute approximate surface area is 306 Å². The number of nitrogens with zero attached hydrogens (tertiary/aromatic N) is 8. The molecule has 48 heavy (non-hydrogen) atoms. The van der Waals surface area contributed by atoms with E-state index in [0.717, 1.165) is 36.9 Å². The third-order valence-electron chi connectivity index (χ3n) is 7.76. The predicted molar refractivity (Wildman–Crippen MR) is 191 cm³/mol. The minimum atomic E-state index is -0.314. The van der Waals surface area contributed by atoms with Gasteiger partial charge in [0.25, 0.3) is 0 Å². The number of benzene rings is 4. The van der Waals surface area contributed by atoms with E-state index in [9.17, 15) is 8.78 Å². The molecular formula is C32H22Br4F2N10. The fourth-order valence-electron chi connectivity index (χ4n) is 5.68. The highest BCUT2D eigenvalue weighted by atomic mass is 79.9. The highest BCUT2D eigenvalue weighted by Crippen LogP contribution is 2.38. The minimum Gasteiger partial charge on any atom is -0.346 e. The molecule has 6 aromatic rings. The summed E-state index contributed by atoms with van der Waals surface area (Å²) in [7, 11) is 0. The smallest absolute Gasteiger partial charge is 0.248 e. The van der Waals surface area contributed by atoms with Gasteiger partial charge in [-0.15, -0.1) is 0 Å². The molecule has 0 amide bonds. The van der Waals surface area contributed by atoms with Gasteiger partial charge >= 0.3 is 0 Å². The van der Waals surface area contributed by atoms with Crippen molar-refractivity contribution in [2.24, 2.45) is 0 Å². The normalized spacial score (nSPS) is 18.0. The van der Waals surface area contributed by atoms with Gasteiger partial charge in [-0.3, -0.25) is 0 Å². The fraction of sp³-hybridized carbons (Fsp3) is 0.125. The average Bonchev–Trinajstić information content (AvgIpc) is 3.73. The second-order valence-corrected chi connectivity index (χ2v) is 14.6. The predicted octanol–water partition coefficient (Wildman–Crippen LogP) is 8.88. The molecule has 4 heterocycles. The standard InChI is InChI=1S/C16H12Br2FN5.C16H10Br2FN5/c2*17-11-3-1-2-9(4-11)15-8-14(20-16-21-22-23-24(15)16)10-5-12(18)7-13(19)6-10/h1-7,14-15H,8H2,(H,20,21,23);1-8,15H,(H,20,21,23). The molecule has 0 saturated heterocycles. The first kappa shape index (κ1) is 32.7. The molecule has 0 radical (unpaired) electrons. The van der Waals surface area contributed by atoms with Gasteiger partial charge in [0.05, 0.1) is 12.1 Å². The zero-order valence-corrected chi connectivity index (χ0v) is 30.8. The summed E-state index contributed by atoms with van der Waals surface area (Å²) in [6.07, 6.45) is 2.69. The van der Waals surface area contributed by atoms with Crippen molar-refractivity contribution in [3.05, 3.63) is 143 Å². The van der Waals surface area contributed by atoms with Crippen molar-refractivity contribution >= 4 is 81.3 Å². The Morgan fingerprint density at radius 3 is 1.98 bits per heavy atom. The summed E-state index contributed by atoms with van der Waals surface area (Å²) in [4.78, 5) is 0. The third kappa shape index (κ3) is 7.11. The van der Waals surface area contributed by atoms with Crippen LogP contribution in [0.3, 0.4) is 0 Å². The Bertz CT molecular complexity index is 2110. The molecule has 10 nitrogen and oxygen atoms in total. The Balaban J connectivity index is 0.000000152. The first-order valence-electron chi connectivity index (χ1n) is 14.4. The van der Waals surface area contributed by atoms with Gasteiger partial charge in [0.1, 0.15) is 17.7 Å². The molecule has 0 saturated carbocycles. The average molecular weight is 904 g/mol. The van der Waals surface area contributed by atoms with E-state index in [0.29, 0.717) is 27.3 Å². The number of halogens is 6. The van der Waals surface area contributed by atoms with Crippen LogP contribution in [-0.4, -0.2) is 40.4 Å². The van der Waals surface area contributed by atoms with E-state index in [1.807, 2.05) is 60.7 Å². The second-order valence-electron chi connectivity index (χ2n) is 11.0. The van der Waals surface area contributed by atoms with Crippen LogP contribution in [0.25, 0.3) is 5.70 Å². The second kappa shape index (κ2) is 13.9. The SMILES string of the molecule is Fc1cc(Br)cc(C2=CC(c3cccc(Br)c3)n3nnnc3N2)c1.Fc1cc(Br)cc(C2CC(c3cccc(Br)c3)n3nnnc3N2)c1. The largest absolute Gasteiger partial charge is 0.346 e. The van der Waals surface area contributed by atoms with Crippen molar-refractivity contribution in [1.82, 2.24) is 40.4 Å². The number of aromatic nitrogens is 8. The Morgan fingerprint density at radius 2 is 1.27 bits per heavy atom. The number of tetrazole rings is 2. The van der Waals surface area contributed by atoms with Crippen molar-refractivity contribution in [3.8, 4) is 0 Å². The van der Waals surface area contributed by atoms with Gasteiger partial charge in [0, 0.05) is 29.2 Å². The number of nitrogens with one attached hydrogen (secondary N) is 2. The van der Waals surface area contributed by atoms with Crippen LogP contribution in [-0.2, 0) is 0 Å². The van der Waals surface area contributed by atoms with Crippen LogP contribution in [0.5, 0.6) is 0 Å². The van der Waals surface area contributed by atoms with Gasteiger partial charge in [0.15, 0.2) is 0 Å². The van der Waals surface area contributed by atoms with Crippen LogP contribution in [0.4, 0.5) is 20.7 Å². The van der Waals surface area contributed by atoms with Crippen LogP contribution in [0.2, 0.25) is 0 Å². The number of hydrogen-bond donors (Lipinski definition) is 2. The molecule has 0 bridgehead atoms. The third-order valence-corrected chi connectivity index (χ3v) is 9.66. The molecule has 2 aromatic heterocycles.